The Hall–Kier alpha value is -2.42. The van der Waals surface area contributed by atoms with Crippen LogP contribution in [0.25, 0.3) is 10.9 Å². The predicted molar refractivity (Wildman–Crippen MR) is 131 cm³/mol. The maximum Gasteiger partial charge on any atom is 0.282 e. The number of carbonyl (C=O) groups excluding carboxylic acids is 2. The number of thiazole rings is 1. The van der Waals surface area contributed by atoms with Crippen LogP contribution in [0.3, 0.4) is 0 Å². The maximum atomic E-state index is 13.3. The number of hydrogen-bond acceptors (Lipinski definition) is 5. The van der Waals surface area contributed by atoms with Crippen molar-refractivity contribution < 1.29 is 9.59 Å². The topological polar surface area (TPSA) is 81.3 Å². The third-order valence-electron chi connectivity index (χ3n) is 6.80. The molecular formula is C24H28ClN5O2S. The molecule has 1 unspecified atom stereocenters. The van der Waals surface area contributed by atoms with Crippen molar-refractivity contribution >= 4 is 45.7 Å². The molecule has 1 fully saturated rings. The van der Waals surface area contributed by atoms with E-state index in [1.54, 1.807) is 11.0 Å². The monoisotopic (exact) mass is 485 g/mol. The molecule has 1 saturated carbocycles. The highest BCUT2D eigenvalue weighted by atomic mass is 35.5. The number of benzene rings is 1. The van der Waals surface area contributed by atoms with Crippen LogP contribution in [-0.2, 0) is 13.0 Å². The number of rotatable bonds is 4. The van der Waals surface area contributed by atoms with Crippen LogP contribution in [0.5, 0.6) is 0 Å². The first-order valence-corrected chi connectivity index (χ1v) is 12.6. The SMILES string of the molecule is CN1CCc2nc(C(=O)N(C)C3CCCC[C@@H]3NC(=O)c3cc4cc(Cl)ccc4[nH]3)sc2C1. The van der Waals surface area contributed by atoms with Gasteiger partial charge >= 0.3 is 0 Å². The summed E-state index contributed by atoms with van der Waals surface area (Å²) >= 11 is 7.59. The highest BCUT2D eigenvalue weighted by Crippen LogP contribution is 2.28. The van der Waals surface area contributed by atoms with Crippen molar-refractivity contribution in [2.24, 2.45) is 0 Å². The lowest BCUT2D eigenvalue weighted by Crippen LogP contribution is -2.53. The summed E-state index contributed by atoms with van der Waals surface area (Å²) in [4.78, 5) is 39.4. The van der Waals surface area contributed by atoms with Crippen LogP contribution in [0, 0.1) is 0 Å². The van der Waals surface area contributed by atoms with E-state index in [9.17, 15) is 9.59 Å². The van der Waals surface area contributed by atoms with Crippen LogP contribution in [0.2, 0.25) is 5.02 Å². The average molecular weight is 486 g/mol. The van der Waals surface area contributed by atoms with E-state index in [1.807, 2.05) is 25.2 Å². The molecule has 1 aromatic carbocycles. The number of nitrogens with one attached hydrogen (secondary N) is 2. The Morgan fingerprint density at radius 2 is 2.09 bits per heavy atom. The van der Waals surface area contributed by atoms with Crippen LogP contribution >= 0.6 is 22.9 Å². The standard InChI is InChI=1S/C24H28ClN5O2S/c1-29-10-9-18-21(13-29)33-23(28-18)24(32)30(2)20-6-4-3-5-17(20)27-22(31)19-12-14-11-15(25)7-8-16(14)26-19/h7-8,11-12,17,20,26H,3-6,9-10,13H2,1-2H3,(H,27,31)/t17-,20?/m0/s1. The van der Waals surface area contributed by atoms with Crippen molar-refractivity contribution in [1.29, 1.82) is 0 Å². The molecular weight excluding hydrogens is 458 g/mol. The van der Waals surface area contributed by atoms with Gasteiger partial charge in [-0.25, -0.2) is 4.98 Å². The summed E-state index contributed by atoms with van der Waals surface area (Å²) in [6.07, 6.45) is 4.67. The van der Waals surface area contributed by atoms with Crippen LogP contribution in [0.1, 0.15) is 56.5 Å². The highest BCUT2D eigenvalue weighted by molar-refractivity contribution is 7.13. The zero-order chi connectivity index (χ0) is 23.1. The molecule has 1 aliphatic carbocycles. The number of nitrogens with zero attached hydrogens (tertiary/aromatic N) is 3. The van der Waals surface area contributed by atoms with E-state index < -0.39 is 0 Å². The van der Waals surface area contributed by atoms with Gasteiger partial charge in [-0.05, 0) is 44.2 Å². The van der Waals surface area contributed by atoms with Crippen molar-refractivity contribution in [2.75, 3.05) is 20.6 Å². The van der Waals surface area contributed by atoms with E-state index in [0.29, 0.717) is 15.7 Å². The molecule has 33 heavy (non-hydrogen) atoms. The lowest BCUT2D eigenvalue weighted by molar-refractivity contribution is 0.0625. The molecule has 174 valence electrons. The molecule has 1 aliphatic heterocycles. The summed E-state index contributed by atoms with van der Waals surface area (Å²) in [5.41, 5.74) is 2.43. The molecule has 3 aromatic rings. The second-order valence-corrected chi connectivity index (χ2v) is 10.7. The quantitative estimate of drug-likeness (QED) is 0.583. The minimum atomic E-state index is -0.159. The maximum absolute atomic E-state index is 13.3. The van der Waals surface area contributed by atoms with Crippen molar-refractivity contribution in [3.63, 3.8) is 0 Å². The van der Waals surface area contributed by atoms with Gasteiger partial charge in [0.1, 0.15) is 5.69 Å². The van der Waals surface area contributed by atoms with Crippen LogP contribution in [-0.4, -0.2) is 64.3 Å². The summed E-state index contributed by atoms with van der Waals surface area (Å²) in [6, 6.07) is 7.17. The smallest absolute Gasteiger partial charge is 0.282 e. The van der Waals surface area contributed by atoms with Crippen molar-refractivity contribution in [2.45, 2.75) is 50.7 Å². The number of aromatic nitrogens is 2. The van der Waals surface area contributed by atoms with E-state index >= 15 is 0 Å². The van der Waals surface area contributed by atoms with Crippen LogP contribution < -0.4 is 5.32 Å². The summed E-state index contributed by atoms with van der Waals surface area (Å²) in [6.45, 7) is 1.82. The lowest BCUT2D eigenvalue weighted by Gasteiger charge is -2.38. The number of fused-ring (bicyclic) bond motifs is 2. The molecule has 0 spiro atoms. The Kier molecular flexibility index (Phi) is 6.16. The first kappa shape index (κ1) is 22.4. The number of likely N-dealkylation sites (N-methyl/N-ethyl adjacent to an activating group) is 2. The molecule has 0 bridgehead atoms. The van der Waals surface area contributed by atoms with Gasteiger partial charge in [0, 0.05) is 53.4 Å². The Morgan fingerprint density at radius 3 is 2.94 bits per heavy atom. The van der Waals surface area contributed by atoms with Gasteiger partial charge in [-0.15, -0.1) is 11.3 Å². The molecule has 2 aromatic heterocycles. The third kappa shape index (κ3) is 4.52. The van der Waals surface area contributed by atoms with Gasteiger partial charge in [0.25, 0.3) is 11.8 Å². The Labute approximate surface area is 202 Å². The van der Waals surface area contributed by atoms with E-state index in [-0.39, 0.29) is 23.9 Å². The van der Waals surface area contributed by atoms with Gasteiger partial charge < -0.3 is 20.1 Å². The number of carbonyl (C=O) groups is 2. The minimum Gasteiger partial charge on any atom is -0.351 e. The fraction of sp³-hybridized carbons (Fsp3) is 0.458. The average Bonchev–Trinajstić information content (AvgIpc) is 3.42. The van der Waals surface area contributed by atoms with Crippen LogP contribution in [0.4, 0.5) is 0 Å². The Bertz CT molecular complexity index is 1200. The lowest BCUT2D eigenvalue weighted by atomic mass is 9.89. The highest BCUT2D eigenvalue weighted by Gasteiger charge is 2.34. The zero-order valence-corrected chi connectivity index (χ0v) is 20.4. The molecule has 0 saturated heterocycles. The normalized spacial score (nSPS) is 21.1. The number of hydrogen-bond donors (Lipinski definition) is 2. The second-order valence-electron chi connectivity index (χ2n) is 9.14. The van der Waals surface area contributed by atoms with Gasteiger partial charge in [-0.3, -0.25) is 9.59 Å². The van der Waals surface area contributed by atoms with Crippen molar-refractivity contribution in [3.05, 3.63) is 50.6 Å². The summed E-state index contributed by atoms with van der Waals surface area (Å²) in [5, 5.41) is 5.28. The molecule has 2 N–H and O–H groups in total. The second kappa shape index (κ2) is 9.08. The van der Waals surface area contributed by atoms with E-state index in [1.165, 1.54) is 16.2 Å². The molecule has 3 heterocycles. The van der Waals surface area contributed by atoms with Gasteiger partial charge in [0.15, 0.2) is 5.01 Å². The Balaban J connectivity index is 1.31. The predicted octanol–water partition coefficient (Wildman–Crippen LogP) is 4.08. The van der Waals surface area contributed by atoms with Crippen molar-refractivity contribution in [1.82, 2.24) is 25.1 Å². The van der Waals surface area contributed by atoms with E-state index in [2.05, 4.69) is 27.2 Å². The molecule has 2 amide bonds. The van der Waals surface area contributed by atoms with Crippen molar-refractivity contribution in [3.8, 4) is 0 Å². The molecule has 7 nitrogen and oxygen atoms in total. The molecule has 5 rings (SSSR count). The largest absolute Gasteiger partial charge is 0.351 e. The molecule has 0 radical (unpaired) electrons. The number of aromatic amines is 1. The number of amides is 2. The molecule has 9 heteroatoms. The van der Waals surface area contributed by atoms with Gasteiger partial charge in [-0.2, -0.15) is 0 Å². The van der Waals surface area contributed by atoms with E-state index in [4.69, 9.17) is 11.6 Å². The molecule has 2 atom stereocenters. The first-order valence-electron chi connectivity index (χ1n) is 11.4. The minimum absolute atomic E-state index is 0.0524. The van der Waals surface area contributed by atoms with Crippen LogP contribution in [0.15, 0.2) is 24.3 Å². The number of halogens is 1. The summed E-state index contributed by atoms with van der Waals surface area (Å²) < 4.78 is 0. The fourth-order valence-electron chi connectivity index (χ4n) is 4.93. The molecule has 2 aliphatic rings. The van der Waals surface area contributed by atoms with E-state index in [0.717, 1.165) is 61.8 Å². The summed E-state index contributed by atoms with van der Waals surface area (Å²) in [7, 11) is 3.93. The fourth-order valence-corrected chi connectivity index (χ4v) is 6.28. The summed E-state index contributed by atoms with van der Waals surface area (Å²) in [5.74, 6) is -0.212. The van der Waals surface area contributed by atoms with Gasteiger partial charge in [0.05, 0.1) is 11.7 Å². The van der Waals surface area contributed by atoms with Gasteiger partial charge in [0.2, 0.25) is 0 Å². The first-order chi connectivity index (χ1) is 15.9. The third-order valence-corrected chi connectivity index (χ3v) is 8.10. The van der Waals surface area contributed by atoms with Gasteiger partial charge in [-0.1, -0.05) is 24.4 Å². The number of H-pyrrole nitrogens is 1. The Morgan fingerprint density at radius 1 is 1.27 bits per heavy atom. The zero-order valence-electron chi connectivity index (χ0n) is 18.9.